The molecule has 7 heteroatoms. The average Bonchev–Trinajstić information content (AvgIpc) is 3.20. The first-order valence-electron chi connectivity index (χ1n) is 9.39. The van der Waals surface area contributed by atoms with E-state index in [1.54, 1.807) is 48.5 Å². The summed E-state index contributed by atoms with van der Waals surface area (Å²) in [7, 11) is -2.10. The van der Waals surface area contributed by atoms with Crippen LogP contribution in [0.5, 0.6) is 0 Å². The molecule has 0 unspecified atom stereocenters. The number of amides is 1. The normalized spacial score (nSPS) is 16.7. The summed E-state index contributed by atoms with van der Waals surface area (Å²) in [5.41, 5.74) is 2.38. The first-order chi connectivity index (χ1) is 13.4. The maximum atomic E-state index is 12.8. The molecule has 150 valence electrons. The quantitative estimate of drug-likeness (QED) is 0.773. The Hall–Kier alpha value is -2.38. The molecule has 1 N–H and O–H groups in total. The van der Waals surface area contributed by atoms with Crippen LogP contribution in [0.4, 0.5) is 5.69 Å². The summed E-state index contributed by atoms with van der Waals surface area (Å²) in [5.74, 6) is -0.0659. The largest absolute Gasteiger partial charge is 0.376 e. The van der Waals surface area contributed by atoms with Crippen LogP contribution in [-0.2, 0) is 26.0 Å². The number of anilines is 1. The van der Waals surface area contributed by atoms with E-state index in [0.717, 1.165) is 30.6 Å². The second kappa shape index (κ2) is 8.75. The summed E-state index contributed by atoms with van der Waals surface area (Å²) in [6.07, 6.45) is 2.39. The van der Waals surface area contributed by atoms with Gasteiger partial charge in [0, 0.05) is 20.2 Å². The van der Waals surface area contributed by atoms with Gasteiger partial charge >= 0.3 is 0 Å². The Morgan fingerprint density at radius 1 is 1.14 bits per heavy atom. The molecule has 1 atom stereocenters. The molecule has 1 aliphatic rings. The van der Waals surface area contributed by atoms with E-state index in [0.29, 0.717) is 12.2 Å². The lowest BCUT2D eigenvalue weighted by Crippen LogP contribution is -2.32. The molecule has 3 rings (SSSR count). The molecule has 1 aliphatic heterocycles. The van der Waals surface area contributed by atoms with Gasteiger partial charge in [0.1, 0.15) is 0 Å². The predicted molar refractivity (Wildman–Crippen MR) is 109 cm³/mol. The molecule has 0 radical (unpaired) electrons. The van der Waals surface area contributed by atoms with Crippen LogP contribution >= 0.6 is 0 Å². The summed E-state index contributed by atoms with van der Waals surface area (Å²) < 4.78 is 32.3. The molecule has 1 fully saturated rings. The third-order valence-corrected chi connectivity index (χ3v) is 6.69. The standard InChI is InChI=1S/C21H26N2O4S/c1-16-5-11-20(12-6-16)28(25,26)23(2)18-9-7-17(8-10-18)14-21(24)22-15-19-4-3-13-27-19/h5-12,19H,3-4,13-15H2,1-2H3,(H,22,24)/t19-/m1/s1. The molecule has 28 heavy (non-hydrogen) atoms. The Balaban J connectivity index is 1.61. The van der Waals surface area contributed by atoms with E-state index in [-0.39, 0.29) is 23.3 Å². The third kappa shape index (κ3) is 4.91. The highest BCUT2D eigenvalue weighted by molar-refractivity contribution is 7.92. The van der Waals surface area contributed by atoms with E-state index in [2.05, 4.69) is 5.32 Å². The maximum absolute atomic E-state index is 12.8. The molecule has 0 aromatic heterocycles. The van der Waals surface area contributed by atoms with Crippen molar-refractivity contribution in [3.05, 3.63) is 59.7 Å². The highest BCUT2D eigenvalue weighted by Gasteiger charge is 2.21. The van der Waals surface area contributed by atoms with Crippen LogP contribution in [0.1, 0.15) is 24.0 Å². The van der Waals surface area contributed by atoms with Crippen molar-refractivity contribution in [1.82, 2.24) is 5.32 Å². The van der Waals surface area contributed by atoms with Gasteiger partial charge in [-0.15, -0.1) is 0 Å². The molecule has 0 bridgehead atoms. The van der Waals surface area contributed by atoms with Crippen molar-refractivity contribution in [2.45, 2.75) is 37.2 Å². The van der Waals surface area contributed by atoms with Crippen molar-refractivity contribution in [2.75, 3.05) is 24.5 Å². The van der Waals surface area contributed by atoms with Gasteiger partial charge in [-0.2, -0.15) is 0 Å². The lowest BCUT2D eigenvalue weighted by atomic mass is 10.1. The number of rotatable bonds is 7. The Labute approximate surface area is 166 Å². The smallest absolute Gasteiger partial charge is 0.264 e. The molecule has 0 saturated carbocycles. The molecular weight excluding hydrogens is 376 g/mol. The summed E-state index contributed by atoms with van der Waals surface area (Å²) >= 11 is 0. The summed E-state index contributed by atoms with van der Waals surface area (Å²) in [5, 5.41) is 2.89. The van der Waals surface area contributed by atoms with Crippen molar-refractivity contribution in [3.63, 3.8) is 0 Å². The van der Waals surface area contributed by atoms with Gasteiger partial charge in [-0.05, 0) is 49.6 Å². The Bertz CT molecular complexity index is 902. The number of benzene rings is 2. The monoisotopic (exact) mass is 402 g/mol. The fourth-order valence-corrected chi connectivity index (χ4v) is 4.31. The zero-order chi connectivity index (χ0) is 20.1. The predicted octanol–water partition coefficient (Wildman–Crippen LogP) is 2.66. The fraction of sp³-hybridized carbons (Fsp3) is 0.381. The topological polar surface area (TPSA) is 75.7 Å². The van der Waals surface area contributed by atoms with E-state index < -0.39 is 10.0 Å². The summed E-state index contributed by atoms with van der Waals surface area (Å²) in [6.45, 7) is 3.21. The zero-order valence-corrected chi connectivity index (χ0v) is 17.0. The van der Waals surface area contributed by atoms with E-state index in [4.69, 9.17) is 4.74 Å². The van der Waals surface area contributed by atoms with E-state index in [9.17, 15) is 13.2 Å². The second-order valence-electron chi connectivity index (χ2n) is 7.07. The highest BCUT2D eigenvalue weighted by atomic mass is 32.2. The average molecular weight is 403 g/mol. The second-order valence-corrected chi connectivity index (χ2v) is 9.04. The minimum atomic E-state index is -3.62. The van der Waals surface area contributed by atoms with Crippen molar-refractivity contribution < 1.29 is 17.9 Å². The van der Waals surface area contributed by atoms with Crippen molar-refractivity contribution >= 4 is 21.6 Å². The van der Waals surface area contributed by atoms with Crippen LogP contribution in [0, 0.1) is 6.92 Å². The lowest BCUT2D eigenvalue weighted by Gasteiger charge is -2.20. The maximum Gasteiger partial charge on any atom is 0.264 e. The number of hydrogen-bond acceptors (Lipinski definition) is 4. The number of nitrogens with one attached hydrogen (secondary N) is 1. The van der Waals surface area contributed by atoms with Gasteiger partial charge in [0.05, 0.1) is 23.1 Å². The van der Waals surface area contributed by atoms with Crippen molar-refractivity contribution in [2.24, 2.45) is 0 Å². The number of ether oxygens (including phenoxy) is 1. The highest BCUT2D eigenvalue weighted by Crippen LogP contribution is 2.23. The Kier molecular flexibility index (Phi) is 6.36. The van der Waals surface area contributed by atoms with Gasteiger partial charge in [0.2, 0.25) is 5.91 Å². The molecule has 1 amide bonds. The van der Waals surface area contributed by atoms with Gasteiger partial charge < -0.3 is 10.1 Å². The van der Waals surface area contributed by atoms with Crippen LogP contribution in [-0.4, -0.2) is 40.6 Å². The van der Waals surface area contributed by atoms with E-state index in [1.807, 2.05) is 6.92 Å². The first kappa shape index (κ1) is 20.4. The molecule has 0 spiro atoms. The number of sulfonamides is 1. The Morgan fingerprint density at radius 2 is 1.82 bits per heavy atom. The SMILES string of the molecule is Cc1ccc(S(=O)(=O)N(C)c2ccc(CC(=O)NC[C@H]3CCCO3)cc2)cc1. The number of hydrogen-bond donors (Lipinski definition) is 1. The fourth-order valence-electron chi connectivity index (χ4n) is 3.11. The summed E-state index contributed by atoms with van der Waals surface area (Å²) in [6, 6.07) is 13.8. The van der Waals surface area contributed by atoms with Gasteiger partial charge in [-0.1, -0.05) is 29.8 Å². The van der Waals surface area contributed by atoms with Gasteiger partial charge in [-0.3, -0.25) is 9.10 Å². The zero-order valence-electron chi connectivity index (χ0n) is 16.2. The number of aryl methyl sites for hydroxylation is 1. The van der Waals surface area contributed by atoms with Crippen LogP contribution in [0.3, 0.4) is 0 Å². The van der Waals surface area contributed by atoms with Crippen molar-refractivity contribution in [3.8, 4) is 0 Å². The number of carbonyl (C=O) groups excluding carboxylic acids is 1. The van der Waals surface area contributed by atoms with Crippen LogP contribution in [0.15, 0.2) is 53.4 Å². The molecule has 0 aliphatic carbocycles. The van der Waals surface area contributed by atoms with Crippen LogP contribution < -0.4 is 9.62 Å². The number of carbonyl (C=O) groups is 1. The lowest BCUT2D eigenvalue weighted by molar-refractivity contribution is -0.120. The minimum Gasteiger partial charge on any atom is -0.376 e. The van der Waals surface area contributed by atoms with Crippen LogP contribution in [0.25, 0.3) is 0 Å². The third-order valence-electron chi connectivity index (χ3n) is 4.89. The van der Waals surface area contributed by atoms with Gasteiger partial charge in [0.25, 0.3) is 10.0 Å². The molecular formula is C21H26N2O4S. The van der Waals surface area contributed by atoms with Crippen LogP contribution in [0.2, 0.25) is 0 Å². The first-order valence-corrected chi connectivity index (χ1v) is 10.8. The molecule has 6 nitrogen and oxygen atoms in total. The van der Waals surface area contributed by atoms with Gasteiger partial charge in [0.15, 0.2) is 0 Å². The summed E-state index contributed by atoms with van der Waals surface area (Å²) in [4.78, 5) is 12.3. The molecule has 2 aromatic carbocycles. The minimum absolute atomic E-state index is 0.0659. The molecule has 2 aromatic rings. The number of nitrogens with zero attached hydrogens (tertiary/aromatic N) is 1. The molecule has 1 saturated heterocycles. The Morgan fingerprint density at radius 3 is 2.43 bits per heavy atom. The van der Waals surface area contributed by atoms with E-state index in [1.165, 1.54) is 11.4 Å². The van der Waals surface area contributed by atoms with E-state index >= 15 is 0 Å². The van der Waals surface area contributed by atoms with Gasteiger partial charge in [-0.25, -0.2) is 8.42 Å². The molecule has 1 heterocycles. The van der Waals surface area contributed by atoms with Crippen molar-refractivity contribution in [1.29, 1.82) is 0 Å².